The van der Waals surface area contributed by atoms with Crippen LogP contribution < -0.4 is 4.90 Å². The van der Waals surface area contributed by atoms with Crippen LogP contribution in [0.2, 0.25) is 0 Å². The number of hydrogen-bond donors (Lipinski definition) is 0. The Labute approximate surface area is 111 Å². The first-order valence-electron chi connectivity index (χ1n) is 6.04. The molecule has 0 saturated carbocycles. The molecule has 3 nitrogen and oxygen atoms in total. The van der Waals surface area contributed by atoms with Gasteiger partial charge in [0.15, 0.2) is 0 Å². The quantitative estimate of drug-likeness (QED) is 0.606. The molecule has 1 saturated heterocycles. The Kier molecular flexibility index (Phi) is 3.52. The largest absolute Gasteiger partial charge is 0.340 e. The standard InChI is InChI=1S/C14H15F2N3/c1-4-11-9-19(7-6-14(11,15)16)13-17-10(3)8-12(5-2)18-13/h2,4,8,11H,1,6-7,9H2,3H3. The number of alkyl halides is 2. The van der Waals surface area contributed by atoms with Crippen molar-refractivity contribution in [2.24, 2.45) is 5.92 Å². The minimum atomic E-state index is -2.71. The summed E-state index contributed by atoms with van der Waals surface area (Å²) in [7, 11) is 0. The summed E-state index contributed by atoms with van der Waals surface area (Å²) < 4.78 is 27.2. The maximum Gasteiger partial charge on any atom is 0.257 e. The first-order chi connectivity index (χ1) is 8.96. The fraction of sp³-hybridized carbons (Fsp3) is 0.429. The Balaban J connectivity index is 2.27. The second-order valence-corrected chi connectivity index (χ2v) is 4.64. The second kappa shape index (κ2) is 4.96. The van der Waals surface area contributed by atoms with Crippen LogP contribution in [0.15, 0.2) is 18.7 Å². The van der Waals surface area contributed by atoms with E-state index in [1.54, 1.807) is 17.9 Å². The third-order valence-electron chi connectivity index (χ3n) is 3.23. The monoisotopic (exact) mass is 263 g/mol. The molecule has 1 unspecified atom stereocenters. The van der Waals surface area contributed by atoms with E-state index < -0.39 is 11.8 Å². The lowest BCUT2D eigenvalue weighted by atomic mass is 9.94. The van der Waals surface area contributed by atoms with E-state index in [1.165, 1.54) is 6.08 Å². The zero-order chi connectivity index (χ0) is 14.0. The third kappa shape index (κ3) is 2.73. The average Bonchev–Trinajstić information content (AvgIpc) is 2.37. The molecule has 1 atom stereocenters. The maximum atomic E-state index is 13.6. The number of terminal acetylenes is 1. The number of anilines is 1. The Morgan fingerprint density at radius 3 is 2.95 bits per heavy atom. The van der Waals surface area contributed by atoms with Crippen LogP contribution >= 0.6 is 0 Å². The van der Waals surface area contributed by atoms with Crippen LogP contribution in [-0.4, -0.2) is 29.0 Å². The molecule has 1 aliphatic heterocycles. The fourth-order valence-corrected chi connectivity index (χ4v) is 2.13. The van der Waals surface area contributed by atoms with Crippen molar-refractivity contribution in [3.63, 3.8) is 0 Å². The van der Waals surface area contributed by atoms with Crippen LogP contribution in [0.5, 0.6) is 0 Å². The van der Waals surface area contributed by atoms with E-state index in [2.05, 4.69) is 22.5 Å². The van der Waals surface area contributed by atoms with Gasteiger partial charge in [-0.15, -0.1) is 13.0 Å². The van der Waals surface area contributed by atoms with Crippen LogP contribution in [0.1, 0.15) is 17.8 Å². The maximum absolute atomic E-state index is 13.6. The van der Waals surface area contributed by atoms with Crippen molar-refractivity contribution in [3.8, 4) is 12.3 Å². The van der Waals surface area contributed by atoms with Gasteiger partial charge in [0.2, 0.25) is 5.95 Å². The Bertz CT molecular complexity index is 534. The van der Waals surface area contributed by atoms with Crippen LogP contribution in [0.25, 0.3) is 0 Å². The van der Waals surface area contributed by atoms with Gasteiger partial charge in [-0.05, 0) is 13.0 Å². The summed E-state index contributed by atoms with van der Waals surface area (Å²) in [4.78, 5) is 10.2. The lowest BCUT2D eigenvalue weighted by Gasteiger charge is -2.37. The van der Waals surface area contributed by atoms with Crippen LogP contribution in [0, 0.1) is 25.2 Å². The van der Waals surface area contributed by atoms with E-state index in [4.69, 9.17) is 6.42 Å². The van der Waals surface area contributed by atoms with E-state index >= 15 is 0 Å². The van der Waals surface area contributed by atoms with Gasteiger partial charge in [0.25, 0.3) is 5.92 Å². The summed E-state index contributed by atoms with van der Waals surface area (Å²) in [5.41, 5.74) is 1.19. The highest BCUT2D eigenvalue weighted by Gasteiger charge is 2.42. The molecule has 1 aromatic rings. The number of hydrogen-bond acceptors (Lipinski definition) is 3. The summed E-state index contributed by atoms with van der Waals surface area (Å²) in [5, 5.41) is 0. The highest BCUT2D eigenvalue weighted by molar-refractivity contribution is 5.38. The summed E-state index contributed by atoms with van der Waals surface area (Å²) >= 11 is 0. The van der Waals surface area contributed by atoms with Crippen molar-refractivity contribution in [1.82, 2.24) is 9.97 Å². The van der Waals surface area contributed by atoms with Crippen LogP contribution in [0.3, 0.4) is 0 Å². The zero-order valence-electron chi connectivity index (χ0n) is 10.7. The van der Waals surface area contributed by atoms with Crippen molar-refractivity contribution < 1.29 is 8.78 Å². The van der Waals surface area contributed by atoms with Gasteiger partial charge in [-0.1, -0.05) is 12.0 Å². The number of piperidine rings is 1. The number of aryl methyl sites for hydroxylation is 1. The van der Waals surface area contributed by atoms with Crippen LogP contribution in [-0.2, 0) is 0 Å². The normalized spacial score (nSPS) is 21.8. The number of aromatic nitrogens is 2. The molecule has 0 amide bonds. The number of rotatable bonds is 2. The molecular formula is C14H15F2N3. The molecule has 1 fully saturated rings. The zero-order valence-corrected chi connectivity index (χ0v) is 10.7. The molecule has 5 heteroatoms. The van der Waals surface area contributed by atoms with Crippen molar-refractivity contribution in [2.75, 3.05) is 18.0 Å². The number of halogens is 2. The molecule has 1 aliphatic rings. The van der Waals surface area contributed by atoms with Crippen molar-refractivity contribution in [3.05, 3.63) is 30.1 Å². The molecule has 100 valence electrons. The van der Waals surface area contributed by atoms with Gasteiger partial charge >= 0.3 is 0 Å². The van der Waals surface area contributed by atoms with E-state index in [0.29, 0.717) is 11.6 Å². The first kappa shape index (κ1) is 13.5. The van der Waals surface area contributed by atoms with E-state index in [0.717, 1.165) is 5.69 Å². The predicted octanol–water partition coefficient (Wildman–Crippen LogP) is 2.41. The molecule has 0 N–H and O–H groups in total. The molecule has 0 aliphatic carbocycles. The van der Waals surface area contributed by atoms with E-state index in [-0.39, 0.29) is 19.5 Å². The van der Waals surface area contributed by atoms with Crippen molar-refractivity contribution >= 4 is 5.95 Å². The topological polar surface area (TPSA) is 29.0 Å². The third-order valence-corrected chi connectivity index (χ3v) is 3.23. The molecule has 2 rings (SSSR count). The Hall–Kier alpha value is -1.96. The highest BCUT2D eigenvalue weighted by atomic mass is 19.3. The number of nitrogens with zero attached hydrogens (tertiary/aromatic N) is 3. The summed E-state index contributed by atoms with van der Waals surface area (Å²) in [6, 6.07) is 1.69. The molecule has 0 aromatic carbocycles. The highest BCUT2D eigenvalue weighted by Crippen LogP contribution is 2.35. The molecule has 2 heterocycles. The first-order valence-corrected chi connectivity index (χ1v) is 6.04. The SMILES string of the molecule is C#Cc1cc(C)nc(N2CCC(F)(F)C(C=C)C2)n1. The fourth-order valence-electron chi connectivity index (χ4n) is 2.13. The summed E-state index contributed by atoms with van der Waals surface area (Å²) in [5.74, 6) is -0.746. The smallest absolute Gasteiger partial charge is 0.257 e. The van der Waals surface area contributed by atoms with Gasteiger partial charge in [-0.25, -0.2) is 18.7 Å². The molecule has 0 spiro atoms. The molecule has 0 radical (unpaired) electrons. The molecular weight excluding hydrogens is 248 g/mol. The minimum absolute atomic E-state index is 0.157. The van der Waals surface area contributed by atoms with Gasteiger partial charge in [-0.2, -0.15) is 0 Å². The Morgan fingerprint density at radius 1 is 1.58 bits per heavy atom. The Morgan fingerprint density at radius 2 is 2.32 bits per heavy atom. The molecule has 0 bridgehead atoms. The van der Waals surface area contributed by atoms with Gasteiger partial charge in [0.05, 0.1) is 5.92 Å². The van der Waals surface area contributed by atoms with Crippen molar-refractivity contribution in [2.45, 2.75) is 19.3 Å². The molecule has 19 heavy (non-hydrogen) atoms. The van der Waals surface area contributed by atoms with Crippen LogP contribution in [0.4, 0.5) is 14.7 Å². The minimum Gasteiger partial charge on any atom is -0.340 e. The summed E-state index contributed by atoms with van der Waals surface area (Å²) in [6.45, 7) is 5.65. The summed E-state index contributed by atoms with van der Waals surface area (Å²) in [6.07, 6.45) is 6.38. The van der Waals surface area contributed by atoms with Gasteiger partial charge < -0.3 is 4.90 Å². The van der Waals surface area contributed by atoms with Gasteiger partial charge in [-0.3, -0.25) is 0 Å². The lowest BCUT2D eigenvalue weighted by Crippen LogP contribution is -2.47. The van der Waals surface area contributed by atoms with Crippen molar-refractivity contribution in [1.29, 1.82) is 0 Å². The van der Waals surface area contributed by atoms with Gasteiger partial charge in [0.1, 0.15) is 5.69 Å². The lowest BCUT2D eigenvalue weighted by molar-refractivity contribution is -0.0545. The molecule has 1 aromatic heterocycles. The average molecular weight is 263 g/mol. The van der Waals surface area contributed by atoms with E-state index in [1.807, 2.05) is 0 Å². The van der Waals surface area contributed by atoms with E-state index in [9.17, 15) is 8.78 Å². The second-order valence-electron chi connectivity index (χ2n) is 4.64. The predicted molar refractivity (Wildman–Crippen MR) is 70.2 cm³/mol. The van der Waals surface area contributed by atoms with Gasteiger partial charge in [0, 0.05) is 25.2 Å².